The van der Waals surface area contributed by atoms with Crippen LogP contribution in [-0.2, 0) is 14.5 Å². The lowest BCUT2D eigenvalue weighted by molar-refractivity contribution is 0.0600. The van der Waals surface area contributed by atoms with Crippen LogP contribution in [0.1, 0.15) is 36.0 Å². The molecule has 0 aliphatic heterocycles. The zero-order valence-electron chi connectivity index (χ0n) is 10.3. The summed E-state index contributed by atoms with van der Waals surface area (Å²) in [7, 11) is -1.50. The van der Waals surface area contributed by atoms with Crippen LogP contribution in [0.25, 0.3) is 0 Å². The maximum Gasteiger partial charge on any atom is 0.337 e. The molecule has 18 heavy (non-hydrogen) atoms. The van der Waals surface area contributed by atoms with Crippen molar-refractivity contribution in [3.05, 3.63) is 29.8 Å². The molecule has 1 fully saturated rings. The Kier molecular flexibility index (Phi) is 3.71. The second-order valence-corrected chi connectivity index (χ2v) is 6.87. The number of benzene rings is 1. The zero-order valence-corrected chi connectivity index (χ0v) is 11.2. The van der Waals surface area contributed by atoms with Crippen LogP contribution in [0.15, 0.2) is 29.2 Å². The lowest BCUT2D eigenvalue weighted by Crippen LogP contribution is -2.16. The number of ether oxygens (including phenoxy) is 1. The van der Waals surface area contributed by atoms with E-state index in [0.717, 1.165) is 25.7 Å². The Morgan fingerprint density at radius 3 is 2.67 bits per heavy atom. The zero-order chi connectivity index (χ0) is 13.2. The van der Waals surface area contributed by atoms with Gasteiger partial charge in [-0.1, -0.05) is 18.9 Å². The summed E-state index contributed by atoms with van der Waals surface area (Å²) in [5.74, 6) is -0.460. The van der Waals surface area contributed by atoms with Crippen LogP contribution in [0.3, 0.4) is 0 Å². The number of hydrogen-bond acceptors (Lipinski definition) is 4. The molecule has 0 radical (unpaired) electrons. The monoisotopic (exact) mass is 267 g/mol. The van der Waals surface area contributed by atoms with E-state index in [-0.39, 0.29) is 5.25 Å². The first-order valence-electron chi connectivity index (χ1n) is 6.01. The van der Waals surface area contributed by atoms with Crippen LogP contribution in [0.4, 0.5) is 0 Å². The summed E-state index contributed by atoms with van der Waals surface area (Å²) in [6.07, 6.45) is 3.75. The van der Waals surface area contributed by atoms with Gasteiger partial charge in [0.25, 0.3) is 0 Å². The molecule has 1 aliphatic carbocycles. The number of nitrogens with one attached hydrogen (secondary N) is 1. The molecule has 1 aromatic rings. The van der Waals surface area contributed by atoms with E-state index in [1.807, 2.05) is 0 Å². The number of carbonyl (C=O) groups excluding carboxylic acids is 1. The molecule has 0 spiro atoms. The normalized spacial score (nSPS) is 19.4. The van der Waals surface area contributed by atoms with Gasteiger partial charge in [-0.25, -0.2) is 13.8 Å². The van der Waals surface area contributed by atoms with Gasteiger partial charge in [0.05, 0.1) is 22.4 Å². The quantitative estimate of drug-likeness (QED) is 0.856. The molecule has 1 N–H and O–H groups in total. The van der Waals surface area contributed by atoms with Crippen LogP contribution in [-0.4, -0.2) is 22.5 Å². The minimum atomic E-state index is -2.81. The van der Waals surface area contributed by atoms with Crippen LogP contribution >= 0.6 is 0 Å². The molecule has 98 valence electrons. The average Bonchev–Trinajstić information content (AvgIpc) is 2.92. The fourth-order valence-electron chi connectivity index (χ4n) is 2.34. The number of methoxy groups -OCH3 is 1. The van der Waals surface area contributed by atoms with E-state index >= 15 is 0 Å². The van der Waals surface area contributed by atoms with Crippen LogP contribution in [0.5, 0.6) is 0 Å². The number of esters is 1. The first kappa shape index (κ1) is 13.1. The SMILES string of the molecule is COC(=O)c1cccc(S(=N)(=O)C2CCCC2)c1. The number of hydrogen-bond donors (Lipinski definition) is 1. The maximum absolute atomic E-state index is 12.6. The minimum Gasteiger partial charge on any atom is -0.465 e. The topological polar surface area (TPSA) is 67.2 Å². The molecule has 1 atom stereocenters. The molecule has 0 saturated heterocycles. The molecule has 0 heterocycles. The van der Waals surface area contributed by atoms with Gasteiger partial charge in [-0.15, -0.1) is 0 Å². The van der Waals surface area contributed by atoms with Gasteiger partial charge in [0.2, 0.25) is 0 Å². The Hall–Kier alpha value is -1.36. The van der Waals surface area contributed by atoms with Gasteiger partial charge in [-0.2, -0.15) is 0 Å². The molecular formula is C13H17NO3S. The van der Waals surface area contributed by atoms with Crippen molar-refractivity contribution in [1.29, 1.82) is 4.78 Å². The third-order valence-electron chi connectivity index (χ3n) is 3.38. The highest BCUT2D eigenvalue weighted by Crippen LogP contribution is 2.30. The fourth-order valence-corrected chi connectivity index (χ4v) is 4.31. The molecule has 2 rings (SSSR count). The summed E-state index contributed by atoms with van der Waals surface area (Å²) in [5.41, 5.74) is 0.355. The van der Waals surface area contributed by atoms with Crippen molar-refractivity contribution in [1.82, 2.24) is 0 Å². The summed E-state index contributed by atoms with van der Waals surface area (Å²) in [4.78, 5) is 11.9. The molecule has 4 nitrogen and oxygen atoms in total. The second kappa shape index (κ2) is 5.10. The van der Waals surface area contributed by atoms with Gasteiger partial charge < -0.3 is 4.74 Å². The second-order valence-electron chi connectivity index (χ2n) is 4.53. The van der Waals surface area contributed by atoms with Gasteiger partial charge in [0.1, 0.15) is 0 Å². The van der Waals surface area contributed by atoms with E-state index in [1.165, 1.54) is 13.2 Å². The summed E-state index contributed by atoms with van der Waals surface area (Å²) in [6.45, 7) is 0. The van der Waals surface area contributed by atoms with Gasteiger partial charge in [-0.05, 0) is 31.0 Å². The lowest BCUT2D eigenvalue weighted by atomic mass is 10.2. The third-order valence-corrected chi connectivity index (χ3v) is 5.74. The van der Waals surface area contributed by atoms with Gasteiger partial charge >= 0.3 is 5.97 Å². The van der Waals surface area contributed by atoms with Gasteiger partial charge in [0.15, 0.2) is 0 Å². The molecule has 0 bridgehead atoms. The predicted octanol–water partition coefficient (Wildman–Crippen LogP) is 2.82. The molecule has 0 aromatic heterocycles. The van der Waals surface area contributed by atoms with E-state index < -0.39 is 15.7 Å². The van der Waals surface area contributed by atoms with Gasteiger partial charge in [0, 0.05) is 10.1 Å². The van der Waals surface area contributed by atoms with E-state index in [9.17, 15) is 9.00 Å². The predicted molar refractivity (Wildman–Crippen MR) is 69.2 cm³/mol. The Labute approximate surface area is 107 Å². The highest BCUT2D eigenvalue weighted by molar-refractivity contribution is 7.93. The molecule has 1 aliphatic rings. The Morgan fingerprint density at radius 2 is 2.06 bits per heavy atom. The standard InChI is InChI=1S/C13H17NO3S/c1-17-13(15)10-5-4-8-12(9-10)18(14,16)11-6-2-3-7-11/h4-5,8-9,11,14H,2-3,6-7H2,1H3. The van der Waals surface area contributed by atoms with Crippen molar-refractivity contribution in [2.45, 2.75) is 35.8 Å². The first-order chi connectivity index (χ1) is 8.55. The maximum atomic E-state index is 12.6. The van der Waals surface area contributed by atoms with Crippen molar-refractivity contribution >= 4 is 15.7 Å². The van der Waals surface area contributed by atoms with Crippen LogP contribution < -0.4 is 0 Å². The Bertz CT molecular complexity index is 545. The molecule has 1 aromatic carbocycles. The fraction of sp³-hybridized carbons (Fsp3) is 0.462. The first-order valence-corrected chi connectivity index (χ1v) is 7.64. The van der Waals surface area contributed by atoms with Crippen LogP contribution in [0, 0.1) is 4.78 Å². The summed E-state index contributed by atoms with van der Waals surface area (Å²) >= 11 is 0. The van der Waals surface area contributed by atoms with Crippen LogP contribution in [0.2, 0.25) is 0 Å². The van der Waals surface area contributed by atoms with Crippen molar-refractivity contribution < 1.29 is 13.7 Å². The summed E-state index contributed by atoms with van der Waals surface area (Å²) < 4.78 is 25.3. The molecule has 1 unspecified atom stereocenters. The Morgan fingerprint density at radius 1 is 1.39 bits per heavy atom. The Balaban J connectivity index is 2.35. The van der Waals surface area contributed by atoms with E-state index in [1.54, 1.807) is 18.2 Å². The summed E-state index contributed by atoms with van der Waals surface area (Å²) in [5, 5.41) is -0.0783. The average molecular weight is 267 g/mol. The molecular weight excluding hydrogens is 250 g/mol. The van der Waals surface area contributed by atoms with Crippen molar-refractivity contribution in [3.8, 4) is 0 Å². The van der Waals surface area contributed by atoms with E-state index in [2.05, 4.69) is 4.74 Å². The number of carbonyl (C=O) groups is 1. The highest BCUT2D eigenvalue weighted by Gasteiger charge is 2.27. The van der Waals surface area contributed by atoms with E-state index in [4.69, 9.17) is 4.78 Å². The van der Waals surface area contributed by atoms with Crippen molar-refractivity contribution in [3.63, 3.8) is 0 Å². The lowest BCUT2D eigenvalue weighted by Gasteiger charge is -2.15. The highest BCUT2D eigenvalue weighted by atomic mass is 32.2. The largest absolute Gasteiger partial charge is 0.465 e. The van der Waals surface area contributed by atoms with Crippen molar-refractivity contribution in [2.75, 3.05) is 7.11 Å². The molecule has 5 heteroatoms. The third kappa shape index (κ3) is 2.41. The number of rotatable bonds is 3. The summed E-state index contributed by atoms with van der Waals surface area (Å²) in [6, 6.07) is 6.46. The minimum absolute atomic E-state index is 0.0783. The smallest absolute Gasteiger partial charge is 0.337 e. The molecule has 1 saturated carbocycles. The molecule has 0 amide bonds. The van der Waals surface area contributed by atoms with E-state index in [0.29, 0.717) is 10.5 Å². The van der Waals surface area contributed by atoms with Crippen molar-refractivity contribution in [2.24, 2.45) is 0 Å². The van der Waals surface area contributed by atoms with Gasteiger partial charge in [-0.3, -0.25) is 0 Å².